The number of amides is 1. The first-order chi connectivity index (χ1) is 10.1. The van der Waals surface area contributed by atoms with E-state index in [0.29, 0.717) is 11.3 Å². The van der Waals surface area contributed by atoms with Gasteiger partial charge in [0.1, 0.15) is 5.69 Å². The zero-order valence-electron chi connectivity index (χ0n) is 13.2. The Labute approximate surface area is 126 Å². The smallest absolute Gasteiger partial charge is 0.270 e. The van der Waals surface area contributed by atoms with Crippen molar-refractivity contribution in [1.82, 2.24) is 15.2 Å². The summed E-state index contributed by atoms with van der Waals surface area (Å²) in [6, 6.07) is 0. The van der Waals surface area contributed by atoms with Gasteiger partial charge in [-0.2, -0.15) is 0 Å². The number of hydrogen-bond donors (Lipinski definition) is 2. The molecule has 1 fully saturated rings. The standard InChI is InChI=1S/C16H25N3O2/c1-4-6-13-14(12(3)20)11(2)18-15(13)16(21)19-9-5-7-17-8-10-19/h17-18H,4-10H2,1-3H3. The Balaban J connectivity index is 2.35. The van der Waals surface area contributed by atoms with E-state index in [1.165, 1.54) is 0 Å². The molecule has 116 valence electrons. The second-order valence-electron chi connectivity index (χ2n) is 5.68. The number of carbonyl (C=O) groups is 2. The van der Waals surface area contributed by atoms with E-state index in [1.54, 1.807) is 6.92 Å². The quantitative estimate of drug-likeness (QED) is 0.833. The van der Waals surface area contributed by atoms with Crippen molar-refractivity contribution in [3.05, 3.63) is 22.5 Å². The Hall–Kier alpha value is -1.62. The summed E-state index contributed by atoms with van der Waals surface area (Å²) in [4.78, 5) is 29.7. The van der Waals surface area contributed by atoms with Gasteiger partial charge >= 0.3 is 0 Å². The van der Waals surface area contributed by atoms with Gasteiger partial charge in [-0.25, -0.2) is 0 Å². The van der Waals surface area contributed by atoms with Crippen molar-refractivity contribution in [2.24, 2.45) is 0 Å². The molecule has 0 aliphatic carbocycles. The molecule has 5 nitrogen and oxygen atoms in total. The molecule has 0 radical (unpaired) electrons. The van der Waals surface area contributed by atoms with Gasteiger partial charge in [0.2, 0.25) is 0 Å². The van der Waals surface area contributed by atoms with Crippen LogP contribution in [0.1, 0.15) is 58.8 Å². The van der Waals surface area contributed by atoms with Crippen LogP contribution in [-0.4, -0.2) is 47.8 Å². The van der Waals surface area contributed by atoms with Crippen molar-refractivity contribution >= 4 is 11.7 Å². The lowest BCUT2D eigenvalue weighted by atomic mass is 10.0. The minimum atomic E-state index is 0.0257. The topological polar surface area (TPSA) is 65.2 Å². The monoisotopic (exact) mass is 291 g/mol. The molecule has 1 aromatic heterocycles. The van der Waals surface area contributed by atoms with Crippen molar-refractivity contribution < 1.29 is 9.59 Å². The highest BCUT2D eigenvalue weighted by Gasteiger charge is 2.25. The number of rotatable bonds is 4. The summed E-state index contributed by atoms with van der Waals surface area (Å²) in [6.45, 7) is 8.78. The normalized spacial score (nSPS) is 15.9. The zero-order valence-corrected chi connectivity index (χ0v) is 13.2. The van der Waals surface area contributed by atoms with Gasteiger partial charge in [0, 0.05) is 30.9 Å². The second-order valence-corrected chi connectivity index (χ2v) is 5.68. The number of aromatic nitrogens is 1. The van der Waals surface area contributed by atoms with E-state index in [4.69, 9.17) is 0 Å². The molecule has 21 heavy (non-hydrogen) atoms. The third kappa shape index (κ3) is 3.35. The average molecular weight is 291 g/mol. The van der Waals surface area contributed by atoms with E-state index in [0.717, 1.165) is 56.7 Å². The molecular formula is C16H25N3O2. The molecule has 0 bridgehead atoms. The minimum absolute atomic E-state index is 0.0257. The highest BCUT2D eigenvalue weighted by Crippen LogP contribution is 2.23. The highest BCUT2D eigenvalue weighted by molar-refractivity contribution is 6.02. The van der Waals surface area contributed by atoms with Gasteiger partial charge in [-0.3, -0.25) is 9.59 Å². The fourth-order valence-electron chi connectivity index (χ4n) is 3.04. The third-order valence-corrected chi connectivity index (χ3v) is 3.98. The largest absolute Gasteiger partial charge is 0.354 e. The summed E-state index contributed by atoms with van der Waals surface area (Å²) < 4.78 is 0. The summed E-state index contributed by atoms with van der Waals surface area (Å²) >= 11 is 0. The summed E-state index contributed by atoms with van der Waals surface area (Å²) in [7, 11) is 0. The molecule has 2 rings (SSSR count). The van der Waals surface area contributed by atoms with Gasteiger partial charge in [-0.1, -0.05) is 13.3 Å². The maximum Gasteiger partial charge on any atom is 0.270 e. The average Bonchev–Trinajstić information content (AvgIpc) is 2.64. The first kappa shape index (κ1) is 15.8. The molecule has 2 heterocycles. The highest BCUT2D eigenvalue weighted by atomic mass is 16.2. The predicted molar refractivity (Wildman–Crippen MR) is 82.9 cm³/mol. The molecule has 0 atom stereocenters. The number of nitrogens with zero attached hydrogens (tertiary/aromatic N) is 1. The van der Waals surface area contributed by atoms with Gasteiger partial charge in [0.15, 0.2) is 5.78 Å². The van der Waals surface area contributed by atoms with Gasteiger partial charge in [0.05, 0.1) is 0 Å². The van der Waals surface area contributed by atoms with Crippen molar-refractivity contribution in [2.75, 3.05) is 26.2 Å². The summed E-state index contributed by atoms with van der Waals surface area (Å²) in [5, 5.41) is 3.30. The summed E-state index contributed by atoms with van der Waals surface area (Å²) in [6.07, 6.45) is 2.64. The Morgan fingerprint density at radius 2 is 2.00 bits per heavy atom. The van der Waals surface area contributed by atoms with Crippen molar-refractivity contribution in [2.45, 2.75) is 40.0 Å². The molecule has 1 aliphatic heterocycles. The van der Waals surface area contributed by atoms with Crippen LogP contribution < -0.4 is 5.32 Å². The Bertz CT molecular complexity index is 526. The third-order valence-electron chi connectivity index (χ3n) is 3.98. The van der Waals surface area contributed by atoms with Crippen LogP contribution in [0.15, 0.2) is 0 Å². The van der Waals surface area contributed by atoms with E-state index in [1.807, 2.05) is 11.8 Å². The second kappa shape index (κ2) is 6.89. The van der Waals surface area contributed by atoms with Crippen molar-refractivity contribution in [3.8, 4) is 0 Å². The number of hydrogen-bond acceptors (Lipinski definition) is 3. The van der Waals surface area contributed by atoms with Gasteiger partial charge in [0.25, 0.3) is 5.91 Å². The molecule has 0 unspecified atom stereocenters. The van der Waals surface area contributed by atoms with Crippen LogP contribution in [0.3, 0.4) is 0 Å². The fourth-order valence-corrected chi connectivity index (χ4v) is 3.04. The van der Waals surface area contributed by atoms with Gasteiger partial charge in [-0.15, -0.1) is 0 Å². The Morgan fingerprint density at radius 3 is 2.67 bits per heavy atom. The summed E-state index contributed by atoms with van der Waals surface area (Å²) in [5.74, 6) is 0.0570. The number of ketones is 1. The molecule has 5 heteroatoms. The lowest BCUT2D eigenvalue weighted by molar-refractivity contribution is 0.0760. The van der Waals surface area contributed by atoms with E-state index in [-0.39, 0.29) is 11.7 Å². The first-order valence-corrected chi connectivity index (χ1v) is 7.78. The van der Waals surface area contributed by atoms with Crippen molar-refractivity contribution in [3.63, 3.8) is 0 Å². The number of Topliss-reactive ketones (excluding diaryl/α,β-unsaturated/α-hetero) is 1. The van der Waals surface area contributed by atoms with Crippen LogP contribution in [0.4, 0.5) is 0 Å². The molecule has 1 aromatic rings. The molecule has 1 saturated heterocycles. The van der Waals surface area contributed by atoms with Crippen LogP contribution in [0, 0.1) is 6.92 Å². The van der Waals surface area contributed by atoms with Crippen LogP contribution in [0.25, 0.3) is 0 Å². The SMILES string of the molecule is CCCc1c(C(=O)N2CCCNCC2)[nH]c(C)c1C(C)=O. The van der Waals surface area contributed by atoms with Crippen molar-refractivity contribution in [1.29, 1.82) is 0 Å². The van der Waals surface area contributed by atoms with E-state index in [9.17, 15) is 9.59 Å². The van der Waals surface area contributed by atoms with E-state index >= 15 is 0 Å². The van der Waals surface area contributed by atoms with Crippen LogP contribution in [0.5, 0.6) is 0 Å². The first-order valence-electron chi connectivity index (χ1n) is 7.78. The predicted octanol–water partition coefficient (Wildman–Crippen LogP) is 1.91. The van der Waals surface area contributed by atoms with Crippen LogP contribution in [-0.2, 0) is 6.42 Å². The molecule has 0 saturated carbocycles. The Morgan fingerprint density at radius 1 is 1.24 bits per heavy atom. The molecule has 0 spiro atoms. The van der Waals surface area contributed by atoms with E-state index in [2.05, 4.69) is 17.2 Å². The minimum Gasteiger partial charge on any atom is -0.354 e. The number of carbonyl (C=O) groups excluding carboxylic acids is 2. The molecular weight excluding hydrogens is 266 g/mol. The fraction of sp³-hybridized carbons (Fsp3) is 0.625. The lowest BCUT2D eigenvalue weighted by Crippen LogP contribution is -2.35. The summed E-state index contributed by atoms with van der Waals surface area (Å²) in [5.41, 5.74) is 3.02. The molecule has 1 amide bonds. The van der Waals surface area contributed by atoms with Crippen LogP contribution >= 0.6 is 0 Å². The number of nitrogens with one attached hydrogen (secondary N) is 2. The maximum atomic E-state index is 12.8. The van der Waals surface area contributed by atoms with Crippen LogP contribution in [0.2, 0.25) is 0 Å². The number of aromatic amines is 1. The molecule has 0 aromatic carbocycles. The molecule has 1 aliphatic rings. The van der Waals surface area contributed by atoms with E-state index < -0.39 is 0 Å². The van der Waals surface area contributed by atoms with Gasteiger partial charge < -0.3 is 15.2 Å². The number of aryl methyl sites for hydroxylation is 1. The zero-order chi connectivity index (χ0) is 15.4. The Kier molecular flexibility index (Phi) is 5.17. The molecule has 2 N–H and O–H groups in total. The lowest BCUT2D eigenvalue weighted by Gasteiger charge is -2.20. The number of H-pyrrole nitrogens is 1. The van der Waals surface area contributed by atoms with Gasteiger partial charge in [-0.05, 0) is 38.8 Å². The maximum absolute atomic E-state index is 12.8.